The minimum Gasteiger partial charge on any atom is -0.465 e. The predicted molar refractivity (Wildman–Crippen MR) is 96.8 cm³/mol. The highest BCUT2D eigenvalue weighted by molar-refractivity contribution is 6.07. The molecule has 1 heterocycles. The fourth-order valence-corrected chi connectivity index (χ4v) is 3.09. The molecule has 27 heavy (non-hydrogen) atoms. The standard InChI is InChI=1S/C21H20FNO4/c1-2-27-21(26)18-11-12-19(24)23(20(18)25)13-14-3-5-15(6-4-14)16-7-9-17(22)10-8-16/h3-10,18H,2,11-13H2,1H3. The van der Waals surface area contributed by atoms with E-state index < -0.39 is 17.8 Å². The van der Waals surface area contributed by atoms with Crippen LogP contribution in [0.3, 0.4) is 0 Å². The van der Waals surface area contributed by atoms with E-state index in [-0.39, 0.29) is 37.7 Å². The Hall–Kier alpha value is -3.02. The number of hydrogen-bond acceptors (Lipinski definition) is 4. The summed E-state index contributed by atoms with van der Waals surface area (Å²) in [6.45, 7) is 1.98. The number of esters is 1. The maximum Gasteiger partial charge on any atom is 0.318 e. The summed E-state index contributed by atoms with van der Waals surface area (Å²) in [5.74, 6) is -2.59. The molecular weight excluding hydrogens is 349 g/mol. The summed E-state index contributed by atoms with van der Waals surface area (Å²) < 4.78 is 18.0. The van der Waals surface area contributed by atoms with Crippen LogP contribution in [-0.2, 0) is 25.7 Å². The molecule has 1 atom stereocenters. The summed E-state index contributed by atoms with van der Waals surface area (Å²) in [6, 6.07) is 13.5. The van der Waals surface area contributed by atoms with Crippen LogP contribution in [0.5, 0.6) is 0 Å². The molecule has 1 aliphatic heterocycles. The second-order valence-electron chi connectivity index (χ2n) is 6.37. The molecule has 0 spiro atoms. The maximum atomic E-state index is 13.0. The van der Waals surface area contributed by atoms with Crippen molar-refractivity contribution in [2.45, 2.75) is 26.3 Å². The third-order valence-electron chi connectivity index (χ3n) is 4.56. The largest absolute Gasteiger partial charge is 0.465 e. The first kappa shape index (κ1) is 18.8. The maximum absolute atomic E-state index is 13.0. The van der Waals surface area contributed by atoms with Crippen molar-refractivity contribution in [1.82, 2.24) is 4.90 Å². The van der Waals surface area contributed by atoms with E-state index in [4.69, 9.17) is 4.74 Å². The van der Waals surface area contributed by atoms with Crippen molar-refractivity contribution in [2.24, 2.45) is 5.92 Å². The van der Waals surface area contributed by atoms with Crippen molar-refractivity contribution < 1.29 is 23.5 Å². The molecule has 3 rings (SSSR count). The van der Waals surface area contributed by atoms with E-state index in [1.807, 2.05) is 24.3 Å². The Morgan fingerprint density at radius 1 is 1.07 bits per heavy atom. The summed E-state index contributed by atoms with van der Waals surface area (Å²) in [5.41, 5.74) is 2.54. The van der Waals surface area contributed by atoms with E-state index in [1.165, 1.54) is 12.1 Å². The Kier molecular flexibility index (Phi) is 5.64. The lowest BCUT2D eigenvalue weighted by molar-refractivity contribution is -0.162. The van der Waals surface area contributed by atoms with E-state index in [2.05, 4.69) is 0 Å². The molecule has 0 aliphatic carbocycles. The van der Waals surface area contributed by atoms with Gasteiger partial charge in [-0.2, -0.15) is 0 Å². The molecule has 1 aliphatic rings. The van der Waals surface area contributed by atoms with Gasteiger partial charge in [-0.3, -0.25) is 19.3 Å². The molecule has 1 saturated heterocycles. The third-order valence-corrected chi connectivity index (χ3v) is 4.56. The normalized spacial score (nSPS) is 17.1. The Balaban J connectivity index is 1.73. The molecule has 0 radical (unpaired) electrons. The molecule has 1 unspecified atom stereocenters. The van der Waals surface area contributed by atoms with Crippen LogP contribution in [0, 0.1) is 11.7 Å². The number of carbonyl (C=O) groups is 3. The number of rotatable bonds is 5. The minimum absolute atomic E-state index is 0.108. The lowest BCUT2D eigenvalue weighted by Gasteiger charge is -2.29. The van der Waals surface area contributed by atoms with Crippen LogP contribution < -0.4 is 0 Å². The summed E-state index contributed by atoms with van der Waals surface area (Å²) in [5, 5.41) is 0. The molecule has 0 saturated carbocycles. The SMILES string of the molecule is CCOC(=O)C1CCC(=O)N(Cc2ccc(-c3ccc(F)cc3)cc2)C1=O. The zero-order chi connectivity index (χ0) is 19.4. The van der Waals surface area contributed by atoms with Crippen molar-refractivity contribution >= 4 is 17.8 Å². The second kappa shape index (κ2) is 8.12. The summed E-state index contributed by atoms with van der Waals surface area (Å²) in [6.07, 6.45) is 0.333. The van der Waals surface area contributed by atoms with E-state index >= 15 is 0 Å². The van der Waals surface area contributed by atoms with Gasteiger partial charge in [-0.1, -0.05) is 36.4 Å². The monoisotopic (exact) mass is 369 g/mol. The van der Waals surface area contributed by atoms with E-state index in [1.54, 1.807) is 19.1 Å². The molecule has 2 aromatic rings. The summed E-state index contributed by atoms with van der Waals surface area (Å²) in [4.78, 5) is 37.8. The topological polar surface area (TPSA) is 63.7 Å². The van der Waals surface area contributed by atoms with Gasteiger partial charge in [-0.05, 0) is 42.2 Å². The van der Waals surface area contributed by atoms with Crippen molar-refractivity contribution in [3.05, 3.63) is 59.9 Å². The molecule has 2 aromatic carbocycles. The number of likely N-dealkylation sites (tertiary alicyclic amines) is 1. The fraction of sp³-hybridized carbons (Fsp3) is 0.286. The van der Waals surface area contributed by atoms with Crippen molar-refractivity contribution in [2.75, 3.05) is 6.61 Å². The van der Waals surface area contributed by atoms with Crippen LogP contribution in [0.15, 0.2) is 48.5 Å². The van der Waals surface area contributed by atoms with Crippen LogP contribution in [0.4, 0.5) is 4.39 Å². The molecular formula is C21H20FNO4. The van der Waals surface area contributed by atoms with Gasteiger partial charge in [0.15, 0.2) is 0 Å². The number of benzene rings is 2. The second-order valence-corrected chi connectivity index (χ2v) is 6.37. The van der Waals surface area contributed by atoms with Crippen LogP contribution in [0.2, 0.25) is 0 Å². The summed E-state index contributed by atoms with van der Waals surface area (Å²) >= 11 is 0. The number of ether oxygens (including phenoxy) is 1. The van der Waals surface area contributed by atoms with Crippen LogP contribution in [-0.4, -0.2) is 29.3 Å². The lowest BCUT2D eigenvalue weighted by atomic mass is 9.96. The van der Waals surface area contributed by atoms with E-state index in [0.29, 0.717) is 0 Å². The molecule has 5 nitrogen and oxygen atoms in total. The molecule has 0 aromatic heterocycles. The number of halogens is 1. The van der Waals surface area contributed by atoms with Gasteiger partial charge in [0, 0.05) is 6.42 Å². The lowest BCUT2D eigenvalue weighted by Crippen LogP contribution is -2.47. The average Bonchev–Trinajstić information content (AvgIpc) is 2.66. The Bertz CT molecular complexity index is 845. The molecule has 140 valence electrons. The third kappa shape index (κ3) is 4.22. The van der Waals surface area contributed by atoms with Crippen LogP contribution in [0.1, 0.15) is 25.3 Å². The summed E-state index contributed by atoms with van der Waals surface area (Å²) in [7, 11) is 0. The average molecular weight is 369 g/mol. The Morgan fingerprint density at radius 2 is 1.67 bits per heavy atom. The van der Waals surface area contributed by atoms with E-state index in [0.717, 1.165) is 21.6 Å². The first-order valence-electron chi connectivity index (χ1n) is 8.85. The van der Waals surface area contributed by atoms with Gasteiger partial charge in [-0.15, -0.1) is 0 Å². The van der Waals surface area contributed by atoms with Crippen LogP contribution >= 0.6 is 0 Å². The minimum atomic E-state index is -0.916. The molecule has 1 fully saturated rings. The molecule has 2 amide bonds. The molecule has 0 N–H and O–H groups in total. The number of amides is 2. The highest BCUT2D eigenvalue weighted by atomic mass is 19.1. The fourth-order valence-electron chi connectivity index (χ4n) is 3.09. The van der Waals surface area contributed by atoms with Gasteiger partial charge in [0.1, 0.15) is 11.7 Å². The van der Waals surface area contributed by atoms with Gasteiger partial charge < -0.3 is 4.74 Å². The number of hydrogen-bond donors (Lipinski definition) is 0. The smallest absolute Gasteiger partial charge is 0.318 e. The van der Waals surface area contributed by atoms with E-state index in [9.17, 15) is 18.8 Å². The van der Waals surface area contributed by atoms with Crippen molar-refractivity contribution in [3.63, 3.8) is 0 Å². The zero-order valence-electron chi connectivity index (χ0n) is 15.0. The highest BCUT2D eigenvalue weighted by Crippen LogP contribution is 2.24. The first-order valence-corrected chi connectivity index (χ1v) is 8.85. The predicted octanol–water partition coefficient (Wildman–Crippen LogP) is 3.32. The first-order chi connectivity index (χ1) is 13.0. The number of carbonyl (C=O) groups excluding carboxylic acids is 3. The number of nitrogens with zero attached hydrogens (tertiary/aromatic N) is 1. The number of imide groups is 1. The van der Waals surface area contributed by atoms with Gasteiger partial charge in [0.2, 0.25) is 11.8 Å². The van der Waals surface area contributed by atoms with Crippen molar-refractivity contribution in [3.8, 4) is 11.1 Å². The molecule has 6 heteroatoms. The van der Waals surface area contributed by atoms with Gasteiger partial charge in [-0.25, -0.2) is 4.39 Å². The quantitative estimate of drug-likeness (QED) is 0.461. The van der Waals surface area contributed by atoms with Gasteiger partial charge >= 0.3 is 5.97 Å². The van der Waals surface area contributed by atoms with Crippen LogP contribution in [0.25, 0.3) is 11.1 Å². The molecule has 0 bridgehead atoms. The Morgan fingerprint density at radius 3 is 2.26 bits per heavy atom. The highest BCUT2D eigenvalue weighted by Gasteiger charge is 2.39. The Labute approximate surface area is 156 Å². The van der Waals surface area contributed by atoms with Gasteiger partial charge in [0.05, 0.1) is 13.2 Å². The zero-order valence-corrected chi connectivity index (χ0v) is 15.0. The van der Waals surface area contributed by atoms with Gasteiger partial charge in [0.25, 0.3) is 0 Å². The number of piperidine rings is 1. The van der Waals surface area contributed by atoms with Crippen molar-refractivity contribution in [1.29, 1.82) is 0 Å².